The van der Waals surface area contributed by atoms with Crippen LogP contribution < -0.4 is 5.32 Å². The first kappa shape index (κ1) is 15.3. The van der Waals surface area contributed by atoms with Crippen LogP contribution in [0.2, 0.25) is 0 Å². The standard InChI is InChI=1S/C12H25NO2S2/c1-4-17(14,15)9-11(2)13-10-12(16-3)7-5-6-8-12/h11,13H,4-10H2,1-3H3. The molecule has 1 saturated carbocycles. The lowest BCUT2D eigenvalue weighted by molar-refractivity contribution is 0.490. The molecule has 0 spiro atoms. The third-order valence-corrected chi connectivity index (χ3v) is 6.97. The average Bonchev–Trinajstić information content (AvgIpc) is 2.75. The van der Waals surface area contributed by atoms with Crippen LogP contribution in [-0.2, 0) is 9.84 Å². The molecule has 1 aliphatic rings. The van der Waals surface area contributed by atoms with Gasteiger partial charge >= 0.3 is 0 Å². The van der Waals surface area contributed by atoms with Crippen molar-refractivity contribution < 1.29 is 8.42 Å². The van der Waals surface area contributed by atoms with E-state index in [1.165, 1.54) is 25.7 Å². The highest BCUT2D eigenvalue weighted by Crippen LogP contribution is 2.39. The summed E-state index contributed by atoms with van der Waals surface area (Å²) in [6.45, 7) is 4.62. The maximum absolute atomic E-state index is 11.5. The van der Waals surface area contributed by atoms with Crippen molar-refractivity contribution in [3.05, 3.63) is 0 Å². The SMILES string of the molecule is CCS(=O)(=O)CC(C)NCC1(SC)CCCC1. The molecule has 0 bridgehead atoms. The van der Waals surface area contributed by atoms with Crippen molar-refractivity contribution in [3.63, 3.8) is 0 Å². The summed E-state index contributed by atoms with van der Waals surface area (Å²) in [5.41, 5.74) is 0. The second-order valence-corrected chi connectivity index (χ2v) is 8.75. The zero-order valence-electron chi connectivity index (χ0n) is 11.2. The number of sulfone groups is 1. The molecule has 1 aliphatic carbocycles. The quantitative estimate of drug-likeness (QED) is 0.775. The molecule has 0 radical (unpaired) electrons. The third-order valence-electron chi connectivity index (χ3n) is 3.66. The Kier molecular flexibility index (Phi) is 5.80. The molecule has 1 atom stereocenters. The fraction of sp³-hybridized carbons (Fsp3) is 1.00. The van der Waals surface area contributed by atoms with Gasteiger partial charge in [0.2, 0.25) is 0 Å². The molecule has 0 aliphatic heterocycles. The molecule has 1 N–H and O–H groups in total. The summed E-state index contributed by atoms with van der Waals surface area (Å²) >= 11 is 1.93. The van der Waals surface area contributed by atoms with Crippen LogP contribution in [0.4, 0.5) is 0 Å². The largest absolute Gasteiger partial charge is 0.312 e. The first-order chi connectivity index (χ1) is 7.93. The number of hydrogen-bond donors (Lipinski definition) is 1. The molecule has 17 heavy (non-hydrogen) atoms. The van der Waals surface area contributed by atoms with Crippen LogP contribution in [0.3, 0.4) is 0 Å². The van der Waals surface area contributed by atoms with E-state index in [1.807, 2.05) is 18.7 Å². The molecule has 0 aromatic heterocycles. The highest BCUT2D eigenvalue weighted by atomic mass is 32.2. The minimum atomic E-state index is -2.86. The van der Waals surface area contributed by atoms with Crippen LogP contribution in [0.1, 0.15) is 39.5 Å². The van der Waals surface area contributed by atoms with Crippen LogP contribution in [0, 0.1) is 0 Å². The predicted molar refractivity (Wildman–Crippen MR) is 76.5 cm³/mol. The molecule has 0 saturated heterocycles. The lowest BCUT2D eigenvalue weighted by Crippen LogP contribution is -2.42. The highest BCUT2D eigenvalue weighted by molar-refractivity contribution is 8.00. The van der Waals surface area contributed by atoms with Crippen molar-refractivity contribution in [2.75, 3.05) is 24.3 Å². The van der Waals surface area contributed by atoms with Gasteiger partial charge < -0.3 is 5.32 Å². The van der Waals surface area contributed by atoms with Gasteiger partial charge in [-0.1, -0.05) is 19.8 Å². The molecule has 1 rings (SSSR count). The molecule has 0 heterocycles. The minimum absolute atomic E-state index is 0.0598. The van der Waals surface area contributed by atoms with E-state index in [0.29, 0.717) is 4.75 Å². The Bertz CT molecular complexity index is 321. The summed E-state index contributed by atoms with van der Waals surface area (Å²) in [5, 5.41) is 3.41. The second-order valence-electron chi connectivity index (χ2n) is 5.08. The Morgan fingerprint density at radius 1 is 1.35 bits per heavy atom. The van der Waals surface area contributed by atoms with Crippen molar-refractivity contribution in [1.29, 1.82) is 0 Å². The minimum Gasteiger partial charge on any atom is -0.312 e. The summed E-state index contributed by atoms with van der Waals surface area (Å²) in [5.74, 6) is 0.501. The number of hydrogen-bond acceptors (Lipinski definition) is 4. The molecular weight excluding hydrogens is 254 g/mol. The number of rotatable bonds is 7. The Balaban J connectivity index is 2.39. The normalized spacial score (nSPS) is 21.6. The third kappa shape index (κ3) is 4.79. The average molecular weight is 279 g/mol. The van der Waals surface area contributed by atoms with Gasteiger partial charge in [-0.3, -0.25) is 0 Å². The second kappa shape index (κ2) is 6.43. The zero-order valence-corrected chi connectivity index (χ0v) is 12.8. The summed E-state index contributed by atoms with van der Waals surface area (Å²) in [4.78, 5) is 0. The van der Waals surface area contributed by atoms with Gasteiger partial charge in [-0.25, -0.2) is 8.42 Å². The van der Waals surface area contributed by atoms with Crippen molar-refractivity contribution in [1.82, 2.24) is 5.32 Å². The van der Waals surface area contributed by atoms with E-state index in [9.17, 15) is 8.42 Å². The van der Waals surface area contributed by atoms with Gasteiger partial charge in [0.1, 0.15) is 0 Å². The predicted octanol–water partition coefficient (Wildman–Crippen LogP) is 2.07. The maximum Gasteiger partial charge on any atom is 0.151 e. The number of thioether (sulfide) groups is 1. The molecule has 0 aromatic rings. The Labute approximate surface area is 110 Å². The monoisotopic (exact) mass is 279 g/mol. The molecule has 1 fully saturated rings. The first-order valence-corrected chi connectivity index (χ1v) is 9.46. The first-order valence-electron chi connectivity index (χ1n) is 6.42. The Morgan fingerprint density at radius 3 is 2.41 bits per heavy atom. The van der Waals surface area contributed by atoms with Crippen LogP contribution in [0.5, 0.6) is 0 Å². The van der Waals surface area contributed by atoms with Gasteiger partial charge in [-0.2, -0.15) is 11.8 Å². The van der Waals surface area contributed by atoms with E-state index in [-0.39, 0.29) is 17.5 Å². The van der Waals surface area contributed by atoms with Gasteiger partial charge in [-0.05, 0) is 26.0 Å². The molecular formula is C12H25NO2S2. The summed E-state index contributed by atoms with van der Waals surface area (Å²) in [7, 11) is -2.86. The van der Waals surface area contributed by atoms with E-state index >= 15 is 0 Å². The van der Waals surface area contributed by atoms with Crippen LogP contribution in [0.25, 0.3) is 0 Å². The smallest absolute Gasteiger partial charge is 0.151 e. The molecule has 0 amide bonds. The van der Waals surface area contributed by atoms with Crippen molar-refractivity contribution in [3.8, 4) is 0 Å². The van der Waals surface area contributed by atoms with Gasteiger partial charge in [-0.15, -0.1) is 0 Å². The topological polar surface area (TPSA) is 46.2 Å². The van der Waals surface area contributed by atoms with E-state index in [2.05, 4.69) is 11.6 Å². The fourth-order valence-electron chi connectivity index (χ4n) is 2.39. The van der Waals surface area contributed by atoms with E-state index in [0.717, 1.165) is 6.54 Å². The fourth-order valence-corrected chi connectivity index (χ4v) is 4.43. The van der Waals surface area contributed by atoms with Crippen LogP contribution in [0.15, 0.2) is 0 Å². The van der Waals surface area contributed by atoms with Crippen molar-refractivity contribution in [2.45, 2.75) is 50.3 Å². The van der Waals surface area contributed by atoms with Gasteiger partial charge in [0, 0.05) is 23.1 Å². The van der Waals surface area contributed by atoms with Crippen LogP contribution >= 0.6 is 11.8 Å². The van der Waals surface area contributed by atoms with Crippen LogP contribution in [-0.4, -0.2) is 43.5 Å². The molecule has 102 valence electrons. The van der Waals surface area contributed by atoms with E-state index < -0.39 is 9.84 Å². The van der Waals surface area contributed by atoms with E-state index in [1.54, 1.807) is 6.92 Å². The van der Waals surface area contributed by atoms with E-state index in [4.69, 9.17) is 0 Å². The lowest BCUT2D eigenvalue weighted by Gasteiger charge is -2.29. The van der Waals surface area contributed by atoms with Crippen molar-refractivity contribution in [2.24, 2.45) is 0 Å². The summed E-state index contributed by atoms with van der Waals surface area (Å²) < 4.78 is 23.4. The number of nitrogens with one attached hydrogen (secondary N) is 1. The zero-order chi connectivity index (χ0) is 12.9. The molecule has 3 nitrogen and oxygen atoms in total. The van der Waals surface area contributed by atoms with Gasteiger partial charge in [0.25, 0.3) is 0 Å². The summed E-state index contributed by atoms with van der Waals surface area (Å²) in [6.07, 6.45) is 7.30. The molecule has 1 unspecified atom stereocenters. The van der Waals surface area contributed by atoms with Gasteiger partial charge in [0.15, 0.2) is 9.84 Å². The Morgan fingerprint density at radius 2 is 1.94 bits per heavy atom. The van der Waals surface area contributed by atoms with Crippen molar-refractivity contribution >= 4 is 21.6 Å². The summed E-state index contributed by atoms with van der Waals surface area (Å²) in [6, 6.07) is 0.0598. The highest BCUT2D eigenvalue weighted by Gasteiger charge is 2.33. The Hall–Kier alpha value is 0.260. The molecule has 0 aromatic carbocycles. The maximum atomic E-state index is 11.5. The molecule has 5 heteroatoms. The van der Waals surface area contributed by atoms with Gasteiger partial charge in [0.05, 0.1) is 5.75 Å². The lowest BCUT2D eigenvalue weighted by atomic mass is 10.1.